The highest BCUT2D eigenvalue weighted by Crippen LogP contribution is 2.25. The van der Waals surface area contributed by atoms with Crippen LogP contribution in [0.1, 0.15) is 39.6 Å². The molecule has 0 aliphatic rings. The SMILES string of the molecule is Cc1ccc(Cc2c(C)nc(C)nc2Nc2ccc(Nc3nc(C)cc(C)n3)cc2)cc1. The number of rotatable bonds is 6. The molecule has 6 heteroatoms. The topological polar surface area (TPSA) is 75.6 Å². The van der Waals surface area contributed by atoms with Gasteiger partial charge in [0.1, 0.15) is 11.6 Å². The van der Waals surface area contributed by atoms with E-state index in [-0.39, 0.29) is 0 Å². The summed E-state index contributed by atoms with van der Waals surface area (Å²) < 4.78 is 0. The van der Waals surface area contributed by atoms with Crippen LogP contribution >= 0.6 is 0 Å². The molecular weight excluding hydrogens is 396 g/mol. The van der Waals surface area contributed by atoms with Gasteiger partial charge < -0.3 is 10.6 Å². The minimum Gasteiger partial charge on any atom is -0.340 e. The van der Waals surface area contributed by atoms with E-state index in [2.05, 4.69) is 56.8 Å². The number of anilines is 4. The second-order valence-electron chi connectivity index (χ2n) is 8.15. The van der Waals surface area contributed by atoms with Crippen molar-refractivity contribution in [2.24, 2.45) is 0 Å². The minimum atomic E-state index is 0.602. The second kappa shape index (κ2) is 9.14. The molecule has 32 heavy (non-hydrogen) atoms. The quantitative estimate of drug-likeness (QED) is 0.402. The fourth-order valence-electron chi connectivity index (χ4n) is 3.65. The van der Waals surface area contributed by atoms with Crippen molar-refractivity contribution in [2.45, 2.75) is 41.0 Å². The van der Waals surface area contributed by atoms with Crippen LogP contribution in [0.15, 0.2) is 54.6 Å². The third kappa shape index (κ3) is 5.27. The molecule has 0 aliphatic carbocycles. The molecule has 6 nitrogen and oxygen atoms in total. The summed E-state index contributed by atoms with van der Waals surface area (Å²) in [7, 11) is 0. The van der Waals surface area contributed by atoms with E-state index in [1.54, 1.807) is 0 Å². The van der Waals surface area contributed by atoms with Crippen molar-refractivity contribution in [1.29, 1.82) is 0 Å². The number of aromatic nitrogens is 4. The molecule has 4 aromatic rings. The summed E-state index contributed by atoms with van der Waals surface area (Å²) in [6.07, 6.45) is 0.776. The summed E-state index contributed by atoms with van der Waals surface area (Å²) in [5.41, 5.74) is 8.35. The van der Waals surface area contributed by atoms with Crippen LogP contribution in [0.3, 0.4) is 0 Å². The van der Waals surface area contributed by atoms with Gasteiger partial charge in [-0.25, -0.2) is 19.9 Å². The van der Waals surface area contributed by atoms with Gasteiger partial charge in [0.15, 0.2) is 0 Å². The van der Waals surface area contributed by atoms with E-state index < -0.39 is 0 Å². The first-order valence-corrected chi connectivity index (χ1v) is 10.7. The largest absolute Gasteiger partial charge is 0.340 e. The summed E-state index contributed by atoms with van der Waals surface area (Å²) in [5, 5.41) is 6.75. The fraction of sp³-hybridized carbons (Fsp3) is 0.231. The molecule has 0 saturated heterocycles. The normalized spacial score (nSPS) is 10.8. The van der Waals surface area contributed by atoms with Crippen LogP contribution in [0, 0.1) is 34.6 Å². The Labute approximate surface area is 189 Å². The van der Waals surface area contributed by atoms with Gasteiger partial charge in [0.05, 0.1) is 0 Å². The zero-order chi connectivity index (χ0) is 22.7. The molecule has 2 aromatic carbocycles. The predicted molar refractivity (Wildman–Crippen MR) is 130 cm³/mol. The summed E-state index contributed by atoms with van der Waals surface area (Å²) in [6, 6.07) is 18.6. The third-order valence-electron chi connectivity index (χ3n) is 5.21. The van der Waals surface area contributed by atoms with Crippen LogP contribution in [0.5, 0.6) is 0 Å². The monoisotopic (exact) mass is 424 g/mol. The summed E-state index contributed by atoms with van der Waals surface area (Å²) in [6.45, 7) is 9.99. The molecular formula is C26H28N6. The van der Waals surface area contributed by atoms with E-state index in [0.717, 1.165) is 52.1 Å². The lowest BCUT2D eigenvalue weighted by Crippen LogP contribution is -2.06. The maximum absolute atomic E-state index is 4.69. The Hall–Kier alpha value is -3.80. The average Bonchev–Trinajstić information content (AvgIpc) is 2.72. The van der Waals surface area contributed by atoms with Gasteiger partial charge in [-0.1, -0.05) is 29.8 Å². The summed E-state index contributed by atoms with van der Waals surface area (Å²) >= 11 is 0. The van der Waals surface area contributed by atoms with E-state index in [0.29, 0.717) is 5.95 Å². The van der Waals surface area contributed by atoms with Crippen LogP contribution < -0.4 is 10.6 Å². The number of nitrogens with zero attached hydrogens (tertiary/aromatic N) is 4. The minimum absolute atomic E-state index is 0.602. The number of aryl methyl sites for hydroxylation is 5. The first kappa shape index (κ1) is 21.4. The molecule has 0 unspecified atom stereocenters. The molecule has 2 heterocycles. The zero-order valence-corrected chi connectivity index (χ0v) is 19.2. The Morgan fingerprint density at radius 3 is 1.88 bits per heavy atom. The van der Waals surface area contributed by atoms with E-state index in [1.165, 1.54) is 11.1 Å². The van der Waals surface area contributed by atoms with Crippen molar-refractivity contribution in [3.05, 3.63) is 94.2 Å². The molecule has 0 amide bonds. The van der Waals surface area contributed by atoms with Crippen LogP contribution in [0.4, 0.5) is 23.1 Å². The maximum atomic E-state index is 4.69. The maximum Gasteiger partial charge on any atom is 0.227 e. The standard InChI is InChI=1S/C26H28N6/c1-16-6-8-21(9-7-16)15-24-19(4)29-20(5)30-25(24)31-22-10-12-23(13-11-22)32-26-27-17(2)14-18(3)28-26/h6-14H,15H2,1-5H3,(H,27,28,32)(H,29,30,31). The van der Waals surface area contributed by atoms with Crippen LogP contribution in [-0.4, -0.2) is 19.9 Å². The molecule has 2 aromatic heterocycles. The number of hydrogen-bond acceptors (Lipinski definition) is 6. The highest BCUT2D eigenvalue weighted by Gasteiger charge is 2.12. The Morgan fingerprint density at radius 2 is 1.25 bits per heavy atom. The van der Waals surface area contributed by atoms with Crippen molar-refractivity contribution >= 4 is 23.1 Å². The number of nitrogens with one attached hydrogen (secondary N) is 2. The molecule has 0 radical (unpaired) electrons. The van der Waals surface area contributed by atoms with Gasteiger partial charge in [-0.2, -0.15) is 0 Å². The number of benzene rings is 2. The van der Waals surface area contributed by atoms with Gasteiger partial charge in [0, 0.05) is 40.4 Å². The first-order valence-electron chi connectivity index (χ1n) is 10.7. The van der Waals surface area contributed by atoms with E-state index in [9.17, 15) is 0 Å². The third-order valence-corrected chi connectivity index (χ3v) is 5.21. The van der Waals surface area contributed by atoms with Crippen LogP contribution in [0.2, 0.25) is 0 Å². The number of hydrogen-bond donors (Lipinski definition) is 2. The predicted octanol–water partition coefficient (Wildman–Crippen LogP) is 5.89. The van der Waals surface area contributed by atoms with Crippen molar-refractivity contribution in [2.75, 3.05) is 10.6 Å². The molecule has 0 atom stereocenters. The highest BCUT2D eigenvalue weighted by atomic mass is 15.1. The van der Waals surface area contributed by atoms with Gasteiger partial charge in [-0.3, -0.25) is 0 Å². The lowest BCUT2D eigenvalue weighted by molar-refractivity contribution is 0.965. The van der Waals surface area contributed by atoms with E-state index in [4.69, 9.17) is 4.98 Å². The average molecular weight is 425 g/mol. The Morgan fingerprint density at radius 1 is 0.656 bits per heavy atom. The van der Waals surface area contributed by atoms with Gasteiger partial charge in [-0.05, 0) is 70.5 Å². The lowest BCUT2D eigenvalue weighted by atomic mass is 10.0. The van der Waals surface area contributed by atoms with Gasteiger partial charge in [-0.15, -0.1) is 0 Å². The first-order chi connectivity index (χ1) is 15.4. The van der Waals surface area contributed by atoms with Crippen molar-refractivity contribution < 1.29 is 0 Å². The van der Waals surface area contributed by atoms with Gasteiger partial charge in [0.2, 0.25) is 5.95 Å². The van der Waals surface area contributed by atoms with Crippen molar-refractivity contribution in [3.8, 4) is 0 Å². The Kier molecular flexibility index (Phi) is 6.12. The molecule has 0 fully saturated rings. The molecule has 4 rings (SSSR count). The van der Waals surface area contributed by atoms with E-state index >= 15 is 0 Å². The van der Waals surface area contributed by atoms with Gasteiger partial charge in [0.25, 0.3) is 0 Å². The van der Waals surface area contributed by atoms with E-state index in [1.807, 2.05) is 58.0 Å². The molecule has 0 saturated carbocycles. The molecule has 0 spiro atoms. The molecule has 2 N–H and O–H groups in total. The lowest BCUT2D eigenvalue weighted by Gasteiger charge is -2.15. The van der Waals surface area contributed by atoms with Crippen LogP contribution in [0.25, 0.3) is 0 Å². The summed E-state index contributed by atoms with van der Waals surface area (Å²) in [5.74, 6) is 2.20. The smallest absolute Gasteiger partial charge is 0.227 e. The zero-order valence-electron chi connectivity index (χ0n) is 19.2. The van der Waals surface area contributed by atoms with Crippen LogP contribution in [-0.2, 0) is 6.42 Å². The Balaban J connectivity index is 1.55. The van der Waals surface area contributed by atoms with Crippen molar-refractivity contribution in [1.82, 2.24) is 19.9 Å². The second-order valence-corrected chi connectivity index (χ2v) is 8.15. The molecule has 0 bridgehead atoms. The fourth-order valence-corrected chi connectivity index (χ4v) is 3.65. The van der Waals surface area contributed by atoms with Crippen molar-refractivity contribution in [3.63, 3.8) is 0 Å². The molecule has 162 valence electrons. The Bertz CT molecular complexity index is 1210. The summed E-state index contributed by atoms with van der Waals surface area (Å²) in [4.78, 5) is 18.2. The highest BCUT2D eigenvalue weighted by molar-refractivity contribution is 5.65. The molecule has 0 aliphatic heterocycles. The van der Waals surface area contributed by atoms with Gasteiger partial charge >= 0.3 is 0 Å².